The maximum atomic E-state index is 6.05. The van der Waals surface area contributed by atoms with Crippen LogP contribution in [0.5, 0.6) is 11.5 Å². The number of benzene rings is 1. The highest BCUT2D eigenvalue weighted by Gasteiger charge is 2.23. The van der Waals surface area contributed by atoms with Crippen LogP contribution < -0.4 is 15.2 Å². The van der Waals surface area contributed by atoms with Crippen LogP contribution >= 0.6 is 0 Å². The maximum absolute atomic E-state index is 6.05. The van der Waals surface area contributed by atoms with Crippen molar-refractivity contribution in [3.8, 4) is 11.5 Å². The SMILES string of the molecule is COc1cccc(OC)c1C(C)(C)N. The molecular formula is C11H17NO2. The lowest BCUT2D eigenvalue weighted by Crippen LogP contribution is -2.29. The standard InChI is InChI=1S/C11H17NO2/c1-11(2,12)10-8(13-3)6-5-7-9(10)14-4/h5-7H,12H2,1-4H3. The van der Waals surface area contributed by atoms with E-state index in [1.165, 1.54) is 0 Å². The summed E-state index contributed by atoms with van der Waals surface area (Å²) in [7, 11) is 3.26. The molecule has 0 aliphatic carbocycles. The zero-order valence-corrected chi connectivity index (χ0v) is 9.13. The Labute approximate surface area is 84.8 Å². The molecule has 0 atom stereocenters. The predicted molar refractivity (Wildman–Crippen MR) is 56.8 cm³/mol. The van der Waals surface area contributed by atoms with Crippen molar-refractivity contribution in [3.05, 3.63) is 23.8 Å². The minimum Gasteiger partial charge on any atom is -0.496 e. The van der Waals surface area contributed by atoms with Gasteiger partial charge in [-0.3, -0.25) is 0 Å². The number of methoxy groups -OCH3 is 2. The van der Waals surface area contributed by atoms with Gasteiger partial charge in [0.05, 0.1) is 19.8 Å². The summed E-state index contributed by atoms with van der Waals surface area (Å²) in [5.74, 6) is 1.52. The Hall–Kier alpha value is -1.22. The summed E-state index contributed by atoms with van der Waals surface area (Å²) in [6.07, 6.45) is 0. The molecule has 0 radical (unpaired) electrons. The van der Waals surface area contributed by atoms with Gasteiger partial charge in [-0.1, -0.05) is 6.07 Å². The van der Waals surface area contributed by atoms with Gasteiger partial charge in [0, 0.05) is 5.54 Å². The van der Waals surface area contributed by atoms with Crippen LogP contribution in [-0.4, -0.2) is 14.2 Å². The van der Waals surface area contributed by atoms with Crippen LogP contribution in [0.2, 0.25) is 0 Å². The fourth-order valence-electron chi connectivity index (χ4n) is 1.49. The molecule has 0 saturated heterocycles. The van der Waals surface area contributed by atoms with Crippen LogP contribution in [0.15, 0.2) is 18.2 Å². The van der Waals surface area contributed by atoms with E-state index in [9.17, 15) is 0 Å². The van der Waals surface area contributed by atoms with E-state index in [0.29, 0.717) is 0 Å². The molecule has 0 bridgehead atoms. The van der Waals surface area contributed by atoms with Gasteiger partial charge >= 0.3 is 0 Å². The van der Waals surface area contributed by atoms with Crippen LogP contribution in [-0.2, 0) is 5.54 Å². The lowest BCUT2D eigenvalue weighted by molar-refractivity contribution is 0.364. The van der Waals surface area contributed by atoms with Crippen molar-refractivity contribution in [1.29, 1.82) is 0 Å². The molecule has 0 amide bonds. The van der Waals surface area contributed by atoms with Gasteiger partial charge in [0.25, 0.3) is 0 Å². The van der Waals surface area contributed by atoms with Crippen molar-refractivity contribution in [1.82, 2.24) is 0 Å². The number of hydrogen-bond donors (Lipinski definition) is 1. The minimum absolute atomic E-state index is 0.474. The second-order valence-corrected chi connectivity index (χ2v) is 3.76. The van der Waals surface area contributed by atoms with Crippen LogP contribution in [0.3, 0.4) is 0 Å². The third kappa shape index (κ3) is 1.99. The summed E-state index contributed by atoms with van der Waals surface area (Å²) in [5, 5.41) is 0. The van der Waals surface area contributed by atoms with Gasteiger partial charge in [0.15, 0.2) is 0 Å². The van der Waals surface area contributed by atoms with Gasteiger partial charge in [-0.2, -0.15) is 0 Å². The van der Waals surface area contributed by atoms with E-state index >= 15 is 0 Å². The summed E-state index contributed by atoms with van der Waals surface area (Å²) >= 11 is 0. The summed E-state index contributed by atoms with van der Waals surface area (Å²) in [6, 6.07) is 5.64. The molecule has 1 rings (SSSR count). The van der Waals surface area contributed by atoms with E-state index in [1.54, 1.807) is 14.2 Å². The second-order valence-electron chi connectivity index (χ2n) is 3.76. The van der Waals surface area contributed by atoms with Crippen LogP contribution in [0.25, 0.3) is 0 Å². The lowest BCUT2D eigenvalue weighted by atomic mass is 9.93. The normalized spacial score (nSPS) is 11.2. The van der Waals surface area contributed by atoms with Crippen molar-refractivity contribution in [2.75, 3.05) is 14.2 Å². The summed E-state index contributed by atoms with van der Waals surface area (Å²) in [4.78, 5) is 0. The summed E-state index contributed by atoms with van der Waals surface area (Å²) in [5.41, 5.74) is 6.47. The number of rotatable bonds is 3. The van der Waals surface area contributed by atoms with E-state index in [4.69, 9.17) is 15.2 Å². The first-order chi connectivity index (χ1) is 6.50. The van der Waals surface area contributed by atoms with Crippen molar-refractivity contribution in [2.24, 2.45) is 5.73 Å². The molecular weight excluding hydrogens is 178 g/mol. The van der Waals surface area contributed by atoms with E-state index < -0.39 is 5.54 Å². The average Bonchev–Trinajstić information content (AvgIpc) is 2.15. The highest BCUT2D eigenvalue weighted by Crippen LogP contribution is 2.35. The van der Waals surface area contributed by atoms with Crippen LogP contribution in [0.1, 0.15) is 19.4 Å². The molecule has 2 N–H and O–H groups in total. The van der Waals surface area contributed by atoms with Crippen molar-refractivity contribution in [2.45, 2.75) is 19.4 Å². The molecule has 14 heavy (non-hydrogen) atoms. The largest absolute Gasteiger partial charge is 0.496 e. The van der Waals surface area contributed by atoms with Gasteiger partial charge in [0.1, 0.15) is 11.5 Å². The first-order valence-corrected chi connectivity index (χ1v) is 4.51. The molecule has 3 heteroatoms. The van der Waals surface area contributed by atoms with Gasteiger partial charge in [-0.25, -0.2) is 0 Å². The molecule has 0 spiro atoms. The molecule has 0 aliphatic heterocycles. The average molecular weight is 195 g/mol. The van der Waals surface area contributed by atoms with Crippen molar-refractivity contribution < 1.29 is 9.47 Å². The predicted octanol–water partition coefficient (Wildman–Crippen LogP) is 1.90. The fourth-order valence-corrected chi connectivity index (χ4v) is 1.49. The smallest absolute Gasteiger partial charge is 0.127 e. The van der Waals surface area contributed by atoms with Gasteiger partial charge in [0.2, 0.25) is 0 Å². The molecule has 78 valence electrons. The van der Waals surface area contributed by atoms with Gasteiger partial charge in [-0.15, -0.1) is 0 Å². The Bertz CT molecular complexity index is 293. The molecule has 0 aliphatic rings. The van der Waals surface area contributed by atoms with Gasteiger partial charge < -0.3 is 15.2 Å². The van der Waals surface area contributed by atoms with E-state index in [-0.39, 0.29) is 0 Å². The number of ether oxygens (including phenoxy) is 2. The Balaban J connectivity index is 3.34. The maximum Gasteiger partial charge on any atom is 0.127 e. The molecule has 1 aromatic rings. The quantitative estimate of drug-likeness (QED) is 0.801. The number of nitrogens with two attached hydrogens (primary N) is 1. The Morgan fingerprint density at radius 3 is 1.79 bits per heavy atom. The zero-order chi connectivity index (χ0) is 10.8. The zero-order valence-electron chi connectivity index (χ0n) is 9.13. The molecule has 1 aromatic carbocycles. The molecule has 0 heterocycles. The second kappa shape index (κ2) is 3.88. The first-order valence-electron chi connectivity index (χ1n) is 4.51. The summed E-state index contributed by atoms with van der Waals surface area (Å²) in [6.45, 7) is 3.85. The van der Waals surface area contributed by atoms with E-state index in [0.717, 1.165) is 17.1 Å². The molecule has 0 saturated carbocycles. The van der Waals surface area contributed by atoms with Crippen LogP contribution in [0, 0.1) is 0 Å². The third-order valence-corrected chi connectivity index (χ3v) is 2.07. The minimum atomic E-state index is -0.474. The summed E-state index contributed by atoms with van der Waals surface area (Å²) < 4.78 is 10.5. The van der Waals surface area contributed by atoms with E-state index in [1.807, 2.05) is 32.0 Å². The Kier molecular flexibility index (Phi) is 3.01. The number of hydrogen-bond acceptors (Lipinski definition) is 3. The van der Waals surface area contributed by atoms with Crippen molar-refractivity contribution >= 4 is 0 Å². The lowest BCUT2D eigenvalue weighted by Gasteiger charge is -2.24. The molecule has 0 unspecified atom stereocenters. The molecule has 0 fully saturated rings. The Morgan fingerprint density at radius 1 is 1.07 bits per heavy atom. The van der Waals surface area contributed by atoms with E-state index in [2.05, 4.69) is 0 Å². The highest BCUT2D eigenvalue weighted by atomic mass is 16.5. The monoisotopic (exact) mass is 195 g/mol. The fraction of sp³-hybridized carbons (Fsp3) is 0.455. The topological polar surface area (TPSA) is 44.5 Å². The van der Waals surface area contributed by atoms with Gasteiger partial charge in [-0.05, 0) is 26.0 Å². The van der Waals surface area contributed by atoms with Crippen molar-refractivity contribution in [3.63, 3.8) is 0 Å². The third-order valence-electron chi connectivity index (χ3n) is 2.07. The first kappa shape index (κ1) is 10.9. The highest BCUT2D eigenvalue weighted by molar-refractivity contribution is 5.48. The Morgan fingerprint density at radius 2 is 1.50 bits per heavy atom. The molecule has 3 nitrogen and oxygen atoms in total. The van der Waals surface area contributed by atoms with Crippen LogP contribution in [0.4, 0.5) is 0 Å². The molecule has 0 aromatic heterocycles.